The lowest BCUT2D eigenvalue weighted by atomic mass is 10.2. The molecular formula is C16H18ClN3O5S. The zero-order valence-corrected chi connectivity index (χ0v) is 15.9. The van der Waals surface area contributed by atoms with Crippen molar-refractivity contribution in [1.29, 1.82) is 0 Å². The molecule has 0 fully saturated rings. The number of halogens is 1. The number of rotatable bonds is 5. The summed E-state index contributed by atoms with van der Waals surface area (Å²) in [5, 5.41) is 0.0425. The summed E-state index contributed by atoms with van der Waals surface area (Å²) in [6.07, 6.45) is 1.31. The fourth-order valence-corrected chi connectivity index (χ4v) is 3.53. The van der Waals surface area contributed by atoms with Gasteiger partial charge in [-0.2, -0.15) is 4.31 Å². The third-order valence-electron chi connectivity index (χ3n) is 3.62. The van der Waals surface area contributed by atoms with Gasteiger partial charge in [-0.25, -0.2) is 8.42 Å². The number of nitrogens with zero attached hydrogens (tertiary/aromatic N) is 1. The Balaban J connectivity index is 2.21. The third kappa shape index (κ3) is 4.24. The summed E-state index contributed by atoms with van der Waals surface area (Å²) in [6, 6.07) is 6.46. The lowest BCUT2D eigenvalue weighted by Crippen LogP contribution is -2.41. The van der Waals surface area contributed by atoms with Crippen molar-refractivity contribution < 1.29 is 22.4 Å². The van der Waals surface area contributed by atoms with E-state index < -0.39 is 21.8 Å². The van der Waals surface area contributed by atoms with Gasteiger partial charge in [0.05, 0.1) is 21.7 Å². The van der Waals surface area contributed by atoms with Crippen molar-refractivity contribution in [2.24, 2.45) is 0 Å². The largest absolute Gasteiger partial charge is 0.459 e. The summed E-state index contributed by atoms with van der Waals surface area (Å²) < 4.78 is 31.2. The van der Waals surface area contributed by atoms with Gasteiger partial charge in [-0.1, -0.05) is 11.6 Å². The van der Waals surface area contributed by atoms with Crippen LogP contribution in [0, 0.1) is 0 Å². The van der Waals surface area contributed by atoms with Gasteiger partial charge in [0.15, 0.2) is 5.76 Å². The van der Waals surface area contributed by atoms with Gasteiger partial charge in [-0.05, 0) is 44.2 Å². The average Bonchev–Trinajstić information content (AvgIpc) is 3.13. The Labute approximate surface area is 156 Å². The number of hydrogen-bond acceptors (Lipinski definition) is 5. The summed E-state index contributed by atoms with van der Waals surface area (Å²) in [6.45, 7) is 3.45. The van der Waals surface area contributed by atoms with Crippen LogP contribution in [0.1, 0.15) is 34.8 Å². The van der Waals surface area contributed by atoms with Gasteiger partial charge in [0, 0.05) is 13.1 Å². The van der Waals surface area contributed by atoms with Crippen LogP contribution in [0.3, 0.4) is 0 Å². The molecule has 0 unspecified atom stereocenters. The van der Waals surface area contributed by atoms with Gasteiger partial charge in [0.2, 0.25) is 10.0 Å². The molecule has 2 amide bonds. The summed E-state index contributed by atoms with van der Waals surface area (Å²) in [7, 11) is -2.34. The lowest BCUT2D eigenvalue weighted by molar-refractivity contribution is 0.0831. The molecule has 0 aliphatic rings. The quantitative estimate of drug-likeness (QED) is 0.748. The van der Waals surface area contributed by atoms with Crippen LogP contribution < -0.4 is 10.9 Å². The predicted molar refractivity (Wildman–Crippen MR) is 95.2 cm³/mol. The van der Waals surface area contributed by atoms with E-state index in [0.717, 1.165) is 6.07 Å². The van der Waals surface area contributed by atoms with Crippen molar-refractivity contribution in [3.8, 4) is 0 Å². The molecule has 0 aliphatic carbocycles. The van der Waals surface area contributed by atoms with Crippen molar-refractivity contribution >= 4 is 33.4 Å². The number of benzene rings is 1. The minimum Gasteiger partial charge on any atom is -0.459 e. The first-order chi connectivity index (χ1) is 12.1. The molecule has 2 rings (SSSR count). The summed E-state index contributed by atoms with van der Waals surface area (Å²) in [5.41, 5.74) is 4.23. The third-order valence-corrected chi connectivity index (χ3v) is 5.98. The maximum absolute atomic E-state index is 12.6. The molecule has 10 heteroatoms. The maximum Gasteiger partial charge on any atom is 0.305 e. The van der Waals surface area contributed by atoms with Crippen LogP contribution in [0.5, 0.6) is 0 Å². The van der Waals surface area contributed by atoms with E-state index >= 15 is 0 Å². The van der Waals surface area contributed by atoms with Gasteiger partial charge < -0.3 is 4.42 Å². The second-order valence-corrected chi connectivity index (χ2v) is 8.05. The Morgan fingerprint density at radius 1 is 1.15 bits per heavy atom. The second kappa shape index (κ2) is 7.90. The molecule has 2 N–H and O–H groups in total. The molecule has 0 saturated heterocycles. The van der Waals surface area contributed by atoms with E-state index in [4.69, 9.17) is 16.0 Å². The lowest BCUT2D eigenvalue weighted by Gasteiger charge is -2.21. The van der Waals surface area contributed by atoms with Crippen molar-refractivity contribution in [3.63, 3.8) is 0 Å². The Morgan fingerprint density at radius 2 is 1.81 bits per heavy atom. The van der Waals surface area contributed by atoms with Crippen LogP contribution >= 0.6 is 11.6 Å². The van der Waals surface area contributed by atoms with Gasteiger partial charge in [0.1, 0.15) is 0 Å². The molecule has 1 aromatic heterocycles. The standard InChI is InChI=1S/C16H18ClN3O5S/c1-10(2)20(3)26(23,24)11-6-7-13(17)12(9-11)15(21)18-19-16(22)14-5-4-8-25-14/h4-10H,1-3H3,(H,18,21)(H,19,22). The highest BCUT2D eigenvalue weighted by Gasteiger charge is 2.25. The Hall–Kier alpha value is -2.36. The number of furan rings is 1. The van der Waals surface area contributed by atoms with Crippen molar-refractivity contribution in [2.75, 3.05) is 7.05 Å². The second-order valence-electron chi connectivity index (χ2n) is 5.64. The van der Waals surface area contributed by atoms with Crippen LogP contribution in [-0.4, -0.2) is 37.6 Å². The van der Waals surface area contributed by atoms with Crippen molar-refractivity contribution in [1.82, 2.24) is 15.2 Å². The van der Waals surface area contributed by atoms with E-state index in [2.05, 4.69) is 10.9 Å². The molecule has 0 aliphatic heterocycles. The van der Waals surface area contributed by atoms with E-state index in [1.165, 1.54) is 41.9 Å². The number of hydrazine groups is 1. The van der Waals surface area contributed by atoms with E-state index in [1.54, 1.807) is 13.8 Å². The number of carbonyl (C=O) groups excluding carboxylic acids is 2. The summed E-state index contributed by atoms with van der Waals surface area (Å²) in [5.74, 6) is -1.42. The number of amides is 2. The Kier molecular flexibility index (Phi) is 6.06. The van der Waals surface area contributed by atoms with Crippen LogP contribution in [0.25, 0.3) is 0 Å². The normalized spacial score (nSPS) is 11.6. The molecular weight excluding hydrogens is 382 g/mol. The van der Waals surface area contributed by atoms with Crippen molar-refractivity contribution in [3.05, 3.63) is 52.9 Å². The minimum atomic E-state index is -3.79. The number of sulfonamides is 1. The first-order valence-corrected chi connectivity index (χ1v) is 9.38. The minimum absolute atomic E-state index is 0.00582. The van der Waals surface area contributed by atoms with Crippen LogP contribution in [0.15, 0.2) is 45.9 Å². The molecule has 0 saturated carbocycles. The van der Waals surface area contributed by atoms with Gasteiger partial charge in [-0.15, -0.1) is 0 Å². The maximum atomic E-state index is 12.6. The smallest absolute Gasteiger partial charge is 0.305 e. The first-order valence-electron chi connectivity index (χ1n) is 7.56. The van der Waals surface area contributed by atoms with Crippen LogP contribution in [0.2, 0.25) is 5.02 Å². The zero-order chi connectivity index (χ0) is 19.5. The fraction of sp³-hybridized carbons (Fsp3) is 0.250. The summed E-state index contributed by atoms with van der Waals surface area (Å²) >= 11 is 6.00. The molecule has 0 spiro atoms. The van der Waals surface area contributed by atoms with E-state index in [9.17, 15) is 18.0 Å². The number of nitrogens with one attached hydrogen (secondary N) is 2. The highest BCUT2D eigenvalue weighted by molar-refractivity contribution is 7.89. The molecule has 26 heavy (non-hydrogen) atoms. The fourth-order valence-electron chi connectivity index (χ4n) is 1.93. The van der Waals surface area contributed by atoms with Crippen LogP contribution in [0.4, 0.5) is 0 Å². The molecule has 0 atom stereocenters. The van der Waals surface area contributed by atoms with Crippen molar-refractivity contribution in [2.45, 2.75) is 24.8 Å². The van der Waals surface area contributed by atoms with Gasteiger partial charge in [-0.3, -0.25) is 20.4 Å². The first kappa shape index (κ1) is 20.0. The molecule has 0 bridgehead atoms. The number of carbonyl (C=O) groups is 2. The molecule has 1 heterocycles. The predicted octanol–water partition coefficient (Wildman–Crippen LogP) is 2.04. The van der Waals surface area contributed by atoms with Gasteiger partial charge in [0.25, 0.3) is 5.91 Å². The van der Waals surface area contributed by atoms with Gasteiger partial charge >= 0.3 is 5.91 Å². The zero-order valence-electron chi connectivity index (χ0n) is 14.3. The molecule has 2 aromatic rings. The molecule has 8 nitrogen and oxygen atoms in total. The SMILES string of the molecule is CC(C)N(C)S(=O)(=O)c1ccc(Cl)c(C(=O)NNC(=O)c2ccco2)c1. The van der Waals surface area contributed by atoms with E-state index in [1.807, 2.05) is 0 Å². The molecule has 0 radical (unpaired) electrons. The summed E-state index contributed by atoms with van der Waals surface area (Å²) in [4.78, 5) is 24.0. The highest BCUT2D eigenvalue weighted by atomic mass is 35.5. The van der Waals surface area contributed by atoms with E-state index in [0.29, 0.717) is 0 Å². The monoisotopic (exact) mass is 399 g/mol. The topological polar surface area (TPSA) is 109 Å². The number of hydrogen-bond donors (Lipinski definition) is 2. The molecule has 140 valence electrons. The average molecular weight is 400 g/mol. The Morgan fingerprint density at radius 3 is 2.38 bits per heavy atom. The highest BCUT2D eigenvalue weighted by Crippen LogP contribution is 2.23. The van der Waals surface area contributed by atoms with Crippen LogP contribution in [-0.2, 0) is 10.0 Å². The Bertz CT molecular complexity index is 910. The molecule has 1 aromatic carbocycles. The van der Waals surface area contributed by atoms with E-state index in [-0.39, 0.29) is 27.3 Å².